The summed E-state index contributed by atoms with van der Waals surface area (Å²) in [4.78, 5) is 16.3. The molecule has 0 saturated heterocycles. The Hall–Kier alpha value is -3.42. The molecule has 3 rings (SSSR count). The molecule has 4 nitrogen and oxygen atoms in total. The summed E-state index contributed by atoms with van der Waals surface area (Å²) in [6, 6.07) is 13.2. The second-order valence-electron chi connectivity index (χ2n) is 5.94. The SMILES string of the molecule is O=C(NCc1ccc(F)cc1)c1ccnc(Nc2ccc(C(F)(F)F)cc2)c1. The second-order valence-corrected chi connectivity index (χ2v) is 5.94. The summed E-state index contributed by atoms with van der Waals surface area (Å²) in [5.41, 5.74) is 0.725. The van der Waals surface area contributed by atoms with Gasteiger partial charge in [-0.1, -0.05) is 12.1 Å². The number of nitrogens with zero attached hydrogens (tertiary/aromatic N) is 1. The van der Waals surface area contributed by atoms with E-state index in [1.807, 2.05) is 0 Å². The fourth-order valence-corrected chi connectivity index (χ4v) is 2.42. The first kappa shape index (κ1) is 19.3. The number of hydrogen-bond acceptors (Lipinski definition) is 3. The lowest BCUT2D eigenvalue weighted by molar-refractivity contribution is -0.137. The van der Waals surface area contributed by atoms with E-state index in [0.717, 1.165) is 17.7 Å². The zero-order valence-electron chi connectivity index (χ0n) is 14.4. The molecule has 2 aromatic carbocycles. The van der Waals surface area contributed by atoms with Crippen LogP contribution in [0, 0.1) is 5.82 Å². The second kappa shape index (κ2) is 8.08. The summed E-state index contributed by atoms with van der Waals surface area (Å²) in [6.07, 6.45) is -2.99. The van der Waals surface area contributed by atoms with Gasteiger partial charge in [-0.3, -0.25) is 4.79 Å². The number of aromatic nitrogens is 1. The maximum atomic E-state index is 12.9. The van der Waals surface area contributed by atoms with Crippen molar-refractivity contribution in [2.24, 2.45) is 0 Å². The Kier molecular flexibility index (Phi) is 5.58. The number of pyridine rings is 1. The van der Waals surface area contributed by atoms with Crippen LogP contribution in [0.3, 0.4) is 0 Å². The van der Waals surface area contributed by atoms with Crippen LogP contribution < -0.4 is 10.6 Å². The lowest BCUT2D eigenvalue weighted by Gasteiger charge is -2.10. The third-order valence-electron chi connectivity index (χ3n) is 3.87. The number of benzene rings is 2. The van der Waals surface area contributed by atoms with Gasteiger partial charge in [0.1, 0.15) is 11.6 Å². The van der Waals surface area contributed by atoms with Crippen LogP contribution in [0.5, 0.6) is 0 Å². The Morgan fingerprint density at radius 1 is 0.964 bits per heavy atom. The Bertz CT molecular complexity index is 954. The molecule has 144 valence electrons. The summed E-state index contributed by atoms with van der Waals surface area (Å²) in [7, 11) is 0. The summed E-state index contributed by atoms with van der Waals surface area (Å²) in [5, 5.41) is 5.57. The van der Waals surface area contributed by atoms with Crippen LogP contribution in [-0.4, -0.2) is 10.9 Å². The van der Waals surface area contributed by atoms with E-state index in [9.17, 15) is 22.4 Å². The van der Waals surface area contributed by atoms with Crippen molar-refractivity contribution in [1.29, 1.82) is 0 Å². The Morgan fingerprint density at radius 2 is 1.64 bits per heavy atom. The van der Waals surface area contributed by atoms with Crippen molar-refractivity contribution in [3.05, 3.63) is 89.4 Å². The lowest BCUT2D eigenvalue weighted by Crippen LogP contribution is -2.22. The average molecular weight is 389 g/mol. The van der Waals surface area contributed by atoms with E-state index in [4.69, 9.17) is 0 Å². The first-order chi connectivity index (χ1) is 13.3. The normalized spacial score (nSPS) is 11.1. The first-order valence-electron chi connectivity index (χ1n) is 8.24. The van der Waals surface area contributed by atoms with Crippen LogP contribution in [-0.2, 0) is 12.7 Å². The van der Waals surface area contributed by atoms with E-state index in [1.165, 1.54) is 42.6 Å². The van der Waals surface area contributed by atoms with Crippen molar-refractivity contribution in [3.8, 4) is 0 Å². The highest BCUT2D eigenvalue weighted by Gasteiger charge is 2.29. The van der Waals surface area contributed by atoms with Crippen LogP contribution in [0.2, 0.25) is 0 Å². The van der Waals surface area contributed by atoms with Gasteiger partial charge < -0.3 is 10.6 Å². The molecule has 0 aliphatic heterocycles. The number of halogens is 4. The number of nitrogens with one attached hydrogen (secondary N) is 2. The third kappa shape index (κ3) is 5.06. The number of hydrogen-bond donors (Lipinski definition) is 2. The summed E-state index contributed by atoms with van der Waals surface area (Å²) >= 11 is 0. The highest BCUT2D eigenvalue weighted by Crippen LogP contribution is 2.30. The van der Waals surface area contributed by atoms with Gasteiger partial charge in [-0.2, -0.15) is 13.2 Å². The number of alkyl halides is 3. The van der Waals surface area contributed by atoms with Crippen molar-refractivity contribution in [2.75, 3.05) is 5.32 Å². The number of anilines is 2. The van der Waals surface area contributed by atoms with Crippen molar-refractivity contribution in [2.45, 2.75) is 12.7 Å². The fourth-order valence-electron chi connectivity index (χ4n) is 2.42. The predicted molar refractivity (Wildman–Crippen MR) is 96.5 cm³/mol. The van der Waals surface area contributed by atoms with Gasteiger partial charge in [0.05, 0.1) is 5.56 Å². The molecule has 0 aliphatic rings. The lowest BCUT2D eigenvalue weighted by atomic mass is 10.2. The van der Waals surface area contributed by atoms with Crippen molar-refractivity contribution in [3.63, 3.8) is 0 Å². The molecule has 0 atom stereocenters. The highest BCUT2D eigenvalue weighted by molar-refractivity contribution is 5.94. The highest BCUT2D eigenvalue weighted by atomic mass is 19.4. The molecule has 0 spiro atoms. The molecule has 0 unspecified atom stereocenters. The number of carbonyl (C=O) groups excluding carboxylic acids is 1. The molecule has 8 heteroatoms. The molecule has 0 fully saturated rings. The molecule has 2 N–H and O–H groups in total. The minimum Gasteiger partial charge on any atom is -0.348 e. The van der Waals surface area contributed by atoms with Gasteiger partial charge in [0.15, 0.2) is 0 Å². The monoisotopic (exact) mass is 389 g/mol. The minimum atomic E-state index is -4.40. The molecule has 3 aromatic rings. The van der Waals surface area contributed by atoms with Gasteiger partial charge in [-0.25, -0.2) is 9.37 Å². The third-order valence-corrected chi connectivity index (χ3v) is 3.87. The predicted octanol–water partition coefficient (Wildman–Crippen LogP) is 4.91. The summed E-state index contributed by atoms with van der Waals surface area (Å²) < 4.78 is 50.7. The zero-order valence-corrected chi connectivity index (χ0v) is 14.4. The standard InChI is InChI=1S/C20H15F4N3O/c21-16-5-1-13(2-6-16)12-26-19(28)14-9-10-25-18(11-14)27-17-7-3-15(4-8-17)20(22,23)24/h1-11H,12H2,(H,25,27)(H,26,28). The molecular formula is C20H15F4N3O. The van der Waals surface area contributed by atoms with Crippen molar-refractivity contribution in [1.82, 2.24) is 10.3 Å². The molecule has 1 aromatic heterocycles. The maximum Gasteiger partial charge on any atom is 0.416 e. The van der Waals surface area contributed by atoms with E-state index in [2.05, 4.69) is 15.6 Å². The van der Waals surface area contributed by atoms with Gasteiger partial charge in [-0.15, -0.1) is 0 Å². The maximum absolute atomic E-state index is 12.9. The zero-order chi connectivity index (χ0) is 20.1. The van der Waals surface area contributed by atoms with Crippen LogP contribution in [0.25, 0.3) is 0 Å². The molecule has 0 bridgehead atoms. The van der Waals surface area contributed by atoms with Crippen LogP contribution >= 0.6 is 0 Å². The molecule has 0 saturated carbocycles. The van der Waals surface area contributed by atoms with Gasteiger partial charge >= 0.3 is 6.18 Å². The Balaban J connectivity index is 1.64. The smallest absolute Gasteiger partial charge is 0.348 e. The van der Waals surface area contributed by atoms with E-state index in [0.29, 0.717) is 17.1 Å². The number of carbonyl (C=O) groups is 1. The van der Waals surface area contributed by atoms with Crippen LogP contribution in [0.1, 0.15) is 21.5 Å². The van der Waals surface area contributed by atoms with Gasteiger partial charge in [0.25, 0.3) is 5.91 Å². The van der Waals surface area contributed by atoms with Crippen LogP contribution in [0.4, 0.5) is 29.1 Å². The van der Waals surface area contributed by atoms with Gasteiger partial charge in [-0.05, 0) is 54.1 Å². The van der Waals surface area contributed by atoms with Crippen molar-refractivity contribution < 1.29 is 22.4 Å². The average Bonchev–Trinajstić information content (AvgIpc) is 2.67. The minimum absolute atomic E-state index is 0.225. The molecular weight excluding hydrogens is 374 g/mol. The first-order valence-corrected chi connectivity index (χ1v) is 8.24. The molecule has 1 heterocycles. The van der Waals surface area contributed by atoms with Crippen molar-refractivity contribution >= 4 is 17.4 Å². The Labute approximate surface area is 158 Å². The molecule has 28 heavy (non-hydrogen) atoms. The quantitative estimate of drug-likeness (QED) is 0.610. The number of rotatable bonds is 5. The topological polar surface area (TPSA) is 54.0 Å². The van der Waals surface area contributed by atoms with E-state index < -0.39 is 11.7 Å². The summed E-state index contributed by atoms with van der Waals surface area (Å²) in [5.74, 6) is -0.403. The van der Waals surface area contributed by atoms with Gasteiger partial charge in [0.2, 0.25) is 0 Å². The molecule has 1 amide bonds. The van der Waals surface area contributed by atoms with E-state index in [1.54, 1.807) is 12.1 Å². The fraction of sp³-hybridized carbons (Fsp3) is 0.100. The molecule has 0 radical (unpaired) electrons. The van der Waals surface area contributed by atoms with E-state index in [-0.39, 0.29) is 18.3 Å². The van der Waals surface area contributed by atoms with E-state index >= 15 is 0 Å². The molecule has 0 aliphatic carbocycles. The van der Waals surface area contributed by atoms with Gasteiger partial charge in [0, 0.05) is 24.0 Å². The summed E-state index contributed by atoms with van der Waals surface area (Å²) in [6.45, 7) is 0.225. The number of amides is 1. The largest absolute Gasteiger partial charge is 0.416 e. The van der Waals surface area contributed by atoms with Crippen LogP contribution in [0.15, 0.2) is 66.9 Å². The Morgan fingerprint density at radius 3 is 2.29 bits per heavy atom.